The van der Waals surface area contributed by atoms with Crippen LogP contribution in [0.1, 0.15) is 24.2 Å². The molecule has 0 aliphatic heterocycles. The van der Waals surface area contributed by atoms with E-state index in [1.54, 1.807) is 17.8 Å². The Bertz CT molecular complexity index is 982. The molecule has 3 aromatic rings. The predicted molar refractivity (Wildman–Crippen MR) is 99.7 cm³/mol. The largest absolute Gasteiger partial charge is 0.309 e. The van der Waals surface area contributed by atoms with Gasteiger partial charge in [0.2, 0.25) is 5.91 Å². The molecule has 0 radical (unpaired) electrons. The number of hydrogen-bond donors (Lipinski definition) is 1. The molecule has 2 heterocycles. The molecule has 1 amide bonds. The highest BCUT2D eigenvalue weighted by Crippen LogP contribution is 2.23. The first-order valence-corrected chi connectivity index (χ1v) is 8.51. The number of benzene rings is 1. The zero-order chi connectivity index (χ0) is 19.6. The van der Waals surface area contributed by atoms with Crippen molar-refractivity contribution in [1.29, 1.82) is 0 Å². The lowest BCUT2D eigenvalue weighted by Gasteiger charge is -2.13. The van der Waals surface area contributed by atoms with Gasteiger partial charge in [-0.15, -0.1) is 0 Å². The lowest BCUT2D eigenvalue weighted by atomic mass is 10.2. The number of halogens is 1. The van der Waals surface area contributed by atoms with Crippen molar-refractivity contribution in [3.05, 3.63) is 69.1 Å². The highest BCUT2D eigenvalue weighted by atomic mass is 35.5. The van der Waals surface area contributed by atoms with E-state index in [2.05, 4.69) is 15.5 Å². The summed E-state index contributed by atoms with van der Waals surface area (Å²) in [6.07, 6.45) is 2.75. The Kier molecular flexibility index (Phi) is 5.22. The molecule has 140 valence electrons. The fourth-order valence-corrected chi connectivity index (χ4v) is 2.85. The summed E-state index contributed by atoms with van der Waals surface area (Å²) in [5, 5.41) is 22.1. The third-order valence-electron chi connectivity index (χ3n) is 4.11. The van der Waals surface area contributed by atoms with Gasteiger partial charge in [0.05, 0.1) is 11.5 Å². The molecular weight excluding hydrogens is 372 g/mol. The summed E-state index contributed by atoms with van der Waals surface area (Å²) in [6.45, 7) is 3.64. The van der Waals surface area contributed by atoms with Gasteiger partial charge in [-0.2, -0.15) is 10.2 Å². The Balaban J connectivity index is 1.73. The second kappa shape index (κ2) is 7.58. The monoisotopic (exact) mass is 388 g/mol. The zero-order valence-corrected chi connectivity index (χ0v) is 15.4. The van der Waals surface area contributed by atoms with Crippen LogP contribution in [0, 0.1) is 17.0 Å². The highest BCUT2D eigenvalue weighted by molar-refractivity contribution is 6.33. The third kappa shape index (κ3) is 3.98. The third-order valence-corrected chi connectivity index (χ3v) is 4.38. The lowest BCUT2D eigenvalue weighted by molar-refractivity contribution is -0.385. The van der Waals surface area contributed by atoms with E-state index in [1.807, 2.05) is 30.3 Å². The van der Waals surface area contributed by atoms with Crippen LogP contribution in [0.3, 0.4) is 0 Å². The summed E-state index contributed by atoms with van der Waals surface area (Å²) >= 11 is 6.17. The van der Waals surface area contributed by atoms with Crippen molar-refractivity contribution in [1.82, 2.24) is 19.6 Å². The maximum Gasteiger partial charge on any atom is 0.309 e. The number of carbonyl (C=O) groups excluding carboxylic acids is 1. The van der Waals surface area contributed by atoms with Gasteiger partial charge in [0.25, 0.3) is 0 Å². The molecule has 9 nitrogen and oxygen atoms in total. The van der Waals surface area contributed by atoms with Crippen LogP contribution in [-0.4, -0.2) is 30.4 Å². The Labute approximate surface area is 159 Å². The highest BCUT2D eigenvalue weighted by Gasteiger charge is 2.24. The molecule has 1 atom stereocenters. The van der Waals surface area contributed by atoms with Crippen molar-refractivity contribution in [3.63, 3.8) is 0 Å². The van der Waals surface area contributed by atoms with Crippen LogP contribution in [-0.2, 0) is 11.3 Å². The van der Waals surface area contributed by atoms with Crippen LogP contribution in [0.2, 0.25) is 5.02 Å². The molecule has 0 bridgehead atoms. The number of aromatic nitrogens is 4. The number of nitrogens with one attached hydrogen (secondary N) is 1. The van der Waals surface area contributed by atoms with Gasteiger partial charge >= 0.3 is 5.69 Å². The van der Waals surface area contributed by atoms with Crippen molar-refractivity contribution in [3.8, 4) is 0 Å². The summed E-state index contributed by atoms with van der Waals surface area (Å²) in [6, 6.07) is 8.93. The lowest BCUT2D eigenvalue weighted by Crippen LogP contribution is -2.25. The van der Waals surface area contributed by atoms with Crippen LogP contribution in [0.15, 0.2) is 42.7 Å². The van der Waals surface area contributed by atoms with Gasteiger partial charge in [0, 0.05) is 6.20 Å². The number of anilines is 1. The molecule has 1 N–H and O–H groups in total. The van der Waals surface area contributed by atoms with Crippen LogP contribution in [0.5, 0.6) is 0 Å². The minimum atomic E-state index is -0.769. The van der Waals surface area contributed by atoms with E-state index in [-0.39, 0.29) is 11.5 Å². The number of hydrogen-bond acceptors (Lipinski definition) is 5. The Morgan fingerprint density at radius 2 is 2.07 bits per heavy atom. The van der Waals surface area contributed by atoms with Gasteiger partial charge in [-0.25, -0.2) is 0 Å². The molecule has 10 heteroatoms. The predicted octanol–water partition coefficient (Wildman–Crippen LogP) is 3.20. The molecule has 0 spiro atoms. The van der Waals surface area contributed by atoms with Gasteiger partial charge in [0.15, 0.2) is 5.82 Å². The number of amides is 1. The molecule has 1 unspecified atom stereocenters. The van der Waals surface area contributed by atoms with E-state index in [0.29, 0.717) is 17.3 Å². The first kappa shape index (κ1) is 18.6. The van der Waals surface area contributed by atoms with Crippen molar-refractivity contribution >= 4 is 29.0 Å². The number of carbonyl (C=O) groups is 1. The number of nitrogens with zero attached hydrogens (tertiary/aromatic N) is 5. The first-order chi connectivity index (χ1) is 12.9. The van der Waals surface area contributed by atoms with Crippen LogP contribution in [0.25, 0.3) is 0 Å². The summed E-state index contributed by atoms with van der Waals surface area (Å²) in [5.74, 6) is -0.202. The topological polar surface area (TPSA) is 108 Å². The maximum absolute atomic E-state index is 12.5. The minimum absolute atomic E-state index is 0.139. The van der Waals surface area contributed by atoms with Crippen LogP contribution >= 0.6 is 11.6 Å². The van der Waals surface area contributed by atoms with E-state index < -0.39 is 16.9 Å². The average Bonchev–Trinajstić information content (AvgIpc) is 3.18. The van der Waals surface area contributed by atoms with Gasteiger partial charge in [0.1, 0.15) is 23.0 Å². The van der Waals surface area contributed by atoms with Gasteiger partial charge in [-0.3, -0.25) is 24.3 Å². The van der Waals surface area contributed by atoms with Crippen LogP contribution in [0.4, 0.5) is 11.5 Å². The van der Waals surface area contributed by atoms with Gasteiger partial charge in [-0.05, 0) is 19.4 Å². The Morgan fingerprint density at radius 3 is 2.70 bits per heavy atom. The van der Waals surface area contributed by atoms with E-state index in [9.17, 15) is 14.9 Å². The standard InChI is InChI=1S/C17H17ClN6O3/c1-11-15(24(26)27)8-19-23(11)12(2)17(25)20-16-14(18)10-22(21-16)9-13-6-4-3-5-7-13/h3-8,10,12H,9H2,1-2H3,(H,20,21,25). The fraction of sp³-hybridized carbons (Fsp3) is 0.235. The van der Waals surface area contributed by atoms with Crippen molar-refractivity contribution in [2.24, 2.45) is 0 Å². The van der Waals surface area contributed by atoms with Crippen LogP contribution < -0.4 is 5.32 Å². The van der Waals surface area contributed by atoms with Crippen molar-refractivity contribution < 1.29 is 9.72 Å². The molecule has 1 aromatic carbocycles. The quantitative estimate of drug-likeness (QED) is 0.515. The van der Waals surface area contributed by atoms with Crippen molar-refractivity contribution in [2.75, 3.05) is 5.32 Å². The minimum Gasteiger partial charge on any atom is -0.306 e. The first-order valence-electron chi connectivity index (χ1n) is 8.13. The molecule has 0 aliphatic rings. The number of rotatable bonds is 6. The van der Waals surface area contributed by atoms with Gasteiger partial charge < -0.3 is 5.32 Å². The Hall–Kier alpha value is -3.20. The average molecular weight is 389 g/mol. The Morgan fingerprint density at radius 1 is 1.37 bits per heavy atom. The van der Waals surface area contributed by atoms with E-state index in [0.717, 1.165) is 11.8 Å². The van der Waals surface area contributed by atoms with Crippen molar-refractivity contribution in [2.45, 2.75) is 26.4 Å². The van der Waals surface area contributed by atoms with E-state index in [4.69, 9.17) is 11.6 Å². The molecule has 0 fully saturated rings. The molecule has 0 saturated heterocycles. The molecule has 0 aliphatic carbocycles. The summed E-state index contributed by atoms with van der Waals surface area (Å²) < 4.78 is 2.92. The maximum atomic E-state index is 12.5. The normalized spacial score (nSPS) is 12.0. The second-order valence-corrected chi connectivity index (χ2v) is 6.40. The molecule has 3 rings (SSSR count). The zero-order valence-electron chi connectivity index (χ0n) is 14.7. The summed E-state index contributed by atoms with van der Waals surface area (Å²) in [5.41, 5.74) is 1.20. The number of nitro groups is 1. The fourth-order valence-electron chi connectivity index (χ4n) is 2.65. The van der Waals surface area contributed by atoms with E-state index >= 15 is 0 Å². The SMILES string of the molecule is Cc1c([N+](=O)[O-])cnn1C(C)C(=O)Nc1nn(Cc2ccccc2)cc1Cl. The second-order valence-electron chi connectivity index (χ2n) is 5.99. The van der Waals surface area contributed by atoms with Gasteiger partial charge in [-0.1, -0.05) is 41.9 Å². The van der Waals surface area contributed by atoms with E-state index in [1.165, 1.54) is 11.6 Å². The molecular formula is C17H17ClN6O3. The summed E-state index contributed by atoms with van der Waals surface area (Å²) in [4.78, 5) is 22.9. The molecule has 2 aromatic heterocycles. The summed E-state index contributed by atoms with van der Waals surface area (Å²) in [7, 11) is 0. The smallest absolute Gasteiger partial charge is 0.306 e. The molecule has 27 heavy (non-hydrogen) atoms. The molecule has 0 saturated carbocycles.